The summed E-state index contributed by atoms with van der Waals surface area (Å²) in [6.07, 6.45) is 0. The number of benzene rings is 1. The third kappa shape index (κ3) is 4.18. The summed E-state index contributed by atoms with van der Waals surface area (Å²) < 4.78 is 5.26. The molecule has 1 amide bonds. The average Bonchev–Trinajstić information content (AvgIpc) is 3.00. The number of hydrogen-bond donors (Lipinski definition) is 0. The molecule has 0 saturated heterocycles. The molecular formula is C17H19NO3S. The van der Waals surface area contributed by atoms with E-state index in [4.69, 9.17) is 4.74 Å². The molecule has 1 aromatic carbocycles. The molecule has 0 bridgehead atoms. The molecule has 0 radical (unpaired) electrons. The lowest BCUT2D eigenvalue weighted by atomic mass is 10.0. The Kier molecular flexibility index (Phi) is 5.33. The Bertz CT molecular complexity index is 632. The Labute approximate surface area is 134 Å². The first-order valence-corrected chi connectivity index (χ1v) is 7.95. The number of esters is 1. The highest BCUT2D eigenvalue weighted by Crippen LogP contribution is 2.19. The van der Waals surface area contributed by atoms with Gasteiger partial charge in [0.05, 0.1) is 4.88 Å². The minimum absolute atomic E-state index is 0.0807. The van der Waals surface area contributed by atoms with Gasteiger partial charge in [-0.15, -0.1) is 11.3 Å². The van der Waals surface area contributed by atoms with Gasteiger partial charge in [-0.25, -0.2) is 4.79 Å². The van der Waals surface area contributed by atoms with Gasteiger partial charge in [-0.05, 0) is 35.1 Å². The van der Waals surface area contributed by atoms with E-state index in [2.05, 4.69) is 13.8 Å². The minimum atomic E-state index is -0.454. The van der Waals surface area contributed by atoms with Crippen LogP contribution in [0.3, 0.4) is 0 Å². The van der Waals surface area contributed by atoms with Crippen molar-refractivity contribution in [1.82, 2.24) is 4.90 Å². The maximum Gasteiger partial charge on any atom is 0.331 e. The van der Waals surface area contributed by atoms with E-state index in [1.54, 1.807) is 31.3 Å². The molecule has 5 heteroatoms. The third-order valence-electron chi connectivity index (χ3n) is 3.22. The van der Waals surface area contributed by atoms with Gasteiger partial charge in [-0.3, -0.25) is 4.79 Å². The van der Waals surface area contributed by atoms with Gasteiger partial charge in [0.2, 0.25) is 0 Å². The summed E-state index contributed by atoms with van der Waals surface area (Å²) in [6, 6.07) is 11.0. The van der Waals surface area contributed by atoms with Crippen molar-refractivity contribution in [3.05, 3.63) is 52.2 Å². The summed E-state index contributed by atoms with van der Waals surface area (Å²) in [5, 5.41) is 1.83. The van der Waals surface area contributed by atoms with Crippen LogP contribution in [0.15, 0.2) is 41.8 Å². The van der Waals surface area contributed by atoms with E-state index in [9.17, 15) is 9.59 Å². The second kappa shape index (κ2) is 7.22. The molecule has 0 unspecified atom stereocenters. The van der Waals surface area contributed by atoms with E-state index >= 15 is 0 Å². The van der Waals surface area contributed by atoms with Crippen molar-refractivity contribution in [1.29, 1.82) is 0 Å². The normalized spacial score (nSPS) is 10.5. The van der Waals surface area contributed by atoms with E-state index in [1.165, 1.54) is 21.8 Å². The van der Waals surface area contributed by atoms with Crippen molar-refractivity contribution in [2.45, 2.75) is 19.8 Å². The topological polar surface area (TPSA) is 46.6 Å². The van der Waals surface area contributed by atoms with Crippen molar-refractivity contribution in [3.8, 4) is 5.75 Å². The molecule has 0 aliphatic heterocycles. The summed E-state index contributed by atoms with van der Waals surface area (Å²) in [5.41, 5.74) is 1.18. The first-order valence-electron chi connectivity index (χ1n) is 7.07. The highest BCUT2D eigenvalue weighted by atomic mass is 32.1. The van der Waals surface area contributed by atoms with Crippen LogP contribution in [0.25, 0.3) is 0 Å². The SMILES string of the molecule is CC(C)c1ccc(OC(=O)CN(C)C(=O)c2cccs2)cc1. The molecule has 116 valence electrons. The highest BCUT2D eigenvalue weighted by molar-refractivity contribution is 7.12. The molecule has 0 fully saturated rings. The summed E-state index contributed by atoms with van der Waals surface area (Å²) >= 11 is 1.35. The summed E-state index contributed by atoms with van der Waals surface area (Å²) in [7, 11) is 1.59. The molecule has 0 atom stereocenters. The van der Waals surface area contributed by atoms with Gasteiger partial charge in [-0.1, -0.05) is 32.0 Å². The van der Waals surface area contributed by atoms with Crippen molar-refractivity contribution in [3.63, 3.8) is 0 Å². The monoisotopic (exact) mass is 317 g/mol. The van der Waals surface area contributed by atoms with Crippen LogP contribution in [0.2, 0.25) is 0 Å². The molecule has 22 heavy (non-hydrogen) atoms. The average molecular weight is 317 g/mol. The van der Waals surface area contributed by atoms with Crippen molar-refractivity contribution < 1.29 is 14.3 Å². The molecule has 0 spiro atoms. The van der Waals surface area contributed by atoms with Crippen LogP contribution in [0.5, 0.6) is 5.75 Å². The number of carbonyl (C=O) groups is 2. The molecule has 0 saturated carbocycles. The quantitative estimate of drug-likeness (QED) is 0.626. The first kappa shape index (κ1) is 16.2. The Hall–Kier alpha value is -2.14. The lowest BCUT2D eigenvalue weighted by molar-refractivity contribution is -0.134. The first-order chi connectivity index (χ1) is 10.5. The molecule has 2 aromatic rings. The number of nitrogens with zero attached hydrogens (tertiary/aromatic N) is 1. The predicted molar refractivity (Wildman–Crippen MR) is 87.4 cm³/mol. The van der Waals surface area contributed by atoms with Crippen LogP contribution in [-0.2, 0) is 4.79 Å². The van der Waals surface area contributed by atoms with Crippen LogP contribution in [0.4, 0.5) is 0 Å². The maximum absolute atomic E-state index is 12.0. The molecule has 4 nitrogen and oxygen atoms in total. The zero-order valence-corrected chi connectivity index (χ0v) is 13.7. The predicted octanol–water partition coefficient (Wildman–Crippen LogP) is 3.55. The number of ether oxygens (including phenoxy) is 1. The molecule has 1 aromatic heterocycles. The lowest BCUT2D eigenvalue weighted by Crippen LogP contribution is -2.33. The Morgan fingerprint density at radius 1 is 1.18 bits per heavy atom. The number of carbonyl (C=O) groups excluding carboxylic acids is 2. The van der Waals surface area contributed by atoms with Gasteiger partial charge in [0.25, 0.3) is 5.91 Å². The summed E-state index contributed by atoms with van der Waals surface area (Å²) in [6.45, 7) is 4.13. The van der Waals surface area contributed by atoms with Gasteiger partial charge >= 0.3 is 5.97 Å². The molecular weight excluding hydrogens is 298 g/mol. The lowest BCUT2D eigenvalue weighted by Gasteiger charge is -2.15. The van der Waals surface area contributed by atoms with Crippen molar-refractivity contribution >= 4 is 23.2 Å². The van der Waals surface area contributed by atoms with Crippen LogP contribution in [-0.4, -0.2) is 30.4 Å². The van der Waals surface area contributed by atoms with Crippen LogP contribution >= 0.6 is 11.3 Å². The van der Waals surface area contributed by atoms with E-state index in [-0.39, 0.29) is 12.5 Å². The number of amides is 1. The third-order valence-corrected chi connectivity index (χ3v) is 4.08. The van der Waals surface area contributed by atoms with Gasteiger partial charge in [0, 0.05) is 7.05 Å². The summed E-state index contributed by atoms with van der Waals surface area (Å²) in [4.78, 5) is 25.9. The standard InChI is InChI=1S/C17H19NO3S/c1-12(2)13-6-8-14(9-7-13)21-16(19)11-18(3)17(20)15-5-4-10-22-15/h4-10,12H,11H2,1-3H3. The zero-order valence-electron chi connectivity index (χ0n) is 12.9. The Morgan fingerprint density at radius 2 is 1.86 bits per heavy atom. The molecule has 0 N–H and O–H groups in total. The Balaban J connectivity index is 1.91. The fraction of sp³-hybridized carbons (Fsp3) is 0.294. The van der Waals surface area contributed by atoms with Crippen molar-refractivity contribution in [2.75, 3.05) is 13.6 Å². The summed E-state index contributed by atoms with van der Waals surface area (Å²) in [5.74, 6) is 0.289. The van der Waals surface area contributed by atoms with E-state index < -0.39 is 5.97 Å². The van der Waals surface area contributed by atoms with E-state index in [0.717, 1.165) is 0 Å². The smallest absolute Gasteiger partial charge is 0.331 e. The van der Waals surface area contributed by atoms with E-state index in [1.807, 2.05) is 17.5 Å². The fourth-order valence-electron chi connectivity index (χ4n) is 1.94. The Morgan fingerprint density at radius 3 is 2.41 bits per heavy atom. The van der Waals surface area contributed by atoms with Gasteiger partial charge in [-0.2, -0.15) is 0 Å². The largest absolute Gasteiger partial charge is 0.425 e. The zero-order chi connectivity index (χ0) is 16.1. The highest BCUT2D eigenvalue weighted by Gasteiger charge is 2.17. The van der Waals surface area contributed by atoms with Crippen LogP contribution in [0, 0.1) is 0 Å². The minimum Gasteiger partial charge on any atom is -0.425 e. The molecule has 2 rings (SSSR count). The molecule has 0 aliphatic rings. The molecule has 1 heterocycles. The number of rotatable bonds is 5. The van der Waals surface area contributed by atoms with Crippen LogP contribution in [0.1, 0.15) is 35.0 Å². The molecule has 0 aliphatic carbocycles. The second-order valence-electron chi connectivity index (χ2n) is 5.34. The number of hydrogen-bond acceptors (Lipinski definition) is 4. The number of likely N-dealkylation sites (N-methyl/N-ethyl adjacent to an activating group) is 1. The fourth-order valence-corrected chi connectivity index (χ4v) is 2.66. The van der Waals surface area contributed by atoms with Gasteiger partial charge in [0.1, 0.15) is 12.3 Å². The van der Waals surface area contributed by atoms with Gasteiger partial charge < -0.3 is 9.64 Å². The second-order valence-corrected chi connectivity index (χ2v) is 6.28. The van der Waals surface area contributed by atoms with Crippen molar-refractivity contribution in [2.24, 2.45) is 0 Å². The van der Waals surface area contributed by atoms with Gasteiger partial charge in [0.15, 0.2) is 0 Å². The van der Waals surface area contributed by atoms with Crippen LogP contribution < -0.4 is 4.74 Å². The van der Waals surface area contributed by atoms with E-state index in [0.29, 0.717) is 16.5 Å². The maximum atomic E-state index is 12.0. The number of thiophene rings is 1.